The first-order valence-corrected chi connectivity index (χ1v) is 7.80. The van der Waals surface area contributed by atoms with Crippen molar-refractivity contribution in [3.63, 3.8) is 0 Å². The monoisotopic (exact) mass is 313 g/mol. The molecule has 3 nitrogen and oxygen atoms in total. The van der Waals surface area contributed by atoms with Crippen LogP contribution in [0.1, 0.15) is 44.0 Å². The van der Waals surface area contributed by atoms with Gasteiger partial charge in [0.25, 0.3) is 0 Å². The summed E-state index contributed by atoms with van der Waals surface area (Å²) in [5, 5.41) is 8.20. The summed E-state index contributed by atoms with van der Waals surface area (Å²) in [6, 6.07) is 0.724. The van der Waals surface area contributed by atoms with Gasteiger partial charge in [-0.05, 0) is 61.4 Å². The summed E-state index contributed by atoms with van der Waals surface area (Å²) >= 11 is 3.57. The van der Waals surface area contributed by atoms with Crippen LogP contribution >= 0.6 is 15.9 Å². The zero-order chi connectivity index (χ0) is 13.1. The highest BCUT2D eigenvalue weighted by Crippen LogP contribution is 2.23. The summed E-state index contributed by atoms with van der Waals surface area (Å²) in [7, 11) is 0. The van der Waals surface area contributed by atoms with Gasteiger partial charge in [0, 0.05) is 18.3 Å². The highest BCUT2D eigenvalue weighted by Gasteiger charge is 2.17. The van der Waals surface area contributed by atoms with E-state index in [0.29, 0.717) is 0 Å². The van der Waals surface area contributed by atoms with E-state index in [0.717, 1.165) is 35.2 Å². The van der Waals surface area contributed by atoms with Crippen molar-refractivity contribution >= 4 is 15.9 Å². The average molecular weight is 314 g/mol. The lowest BCUT2D eigenvalue weighted by Gasteiger charge is -2.27. The minimum atomic E-state index is 0.724. The summed E-state index contributed by atoms with van der Waals surface area (Å²) in [6.45, 7) is 8.51. The van der Waals surface area contributed by atoms with Gasteiger partial charge in [0.1, 0.15) is 0 Å². The third-order valence-electron chi connectivity index (χ3n) is 4.07. The highest BCUT2D eigenvalue weighted by atomic mass is 79.9. The Labute approximate surface area is 118 Å². The van der Waals surface area contributed by atoms with Crippen molar-refractivity contribution in [1.29, 1.82) is 0 Å². The van der Waals surface area contributed by atoms with Crippen LogP contribution in [0.3, 0.4) is 0 Å². The molecule has 2 rings (SSSR count). The van der Waals surface area contributed by atoms with Gasteiger partial charge < -0.3 is 5.32 Å². The first kappa shape index (κ1) is 14.1. The van der Waals surface area contributed by atoms with Crippen molar-refractivity contribution in [3.8, 4) is 0 Å². The Balaban J connectivity index is 1.76. The number of rotatable bonds is 4. The van der Waals surface area contributed by atoms with Crippen LogP contribution in [-0.4, -0.2) is 22.4 Å². The first-order chi connectivity index (χ1) is 8.58. The number of aromatic nitrogens is 2. The lowest BCUT2D eigenvalue weighted by atomic mass is 9.87. The standard InChI is InChI=1S/C14H24BrN3/c1-10-4-6-13(7-5-10)16-8-9-18-12(3)14(15)11(2)17-18/h10,13,16H,4-9H2,1-3H3. The van der Waals surface area contributed by atoms with Crippen molar-refractivity contribution < 1.29 is 0 Å². The van der Waals surface area contributed by atoms with Crippen LogP contribution in [-0.2, 0) is 6.54 Å². The summed E-state index contributed by atoms with van der Waals surface area (Å²) < 4.78 is 3.24. The molecule has 1 N–H and O–H groups in total. The Bertz CT molecular complexity index is 392. The van der Waals surface area contributed by atoms with E-state index in [1.165, 1.54) is 31.4 Å². The zero-order valence-electron chi connectivity index (χ0n) is 11.7. The number of hydrogen-bond acceptors (Lipinski definition) is 2. The van der Waals surface area contributed by atoms with Crippen LogP contribution in [0.5, 0.6) is 0 Å². The fourth-order valence-electron chi connectivity index (χ4n) is 2.73. The number of hydrogen-bond donors (Lipinski definition) is 1. The summed E-state index contributed by atoms with van der Waals surface area (Å²) in [6.07, 6.45) is 5.43. The molecule has 1 heterocycles. The highest BCUT2D eigenvalue weighted by molar-refractivity contribution is 9.10. The van der Waals surface area contributed by atoms with Crippen molar-refractivity contribution in [1.82, 2.24) is 15.1 Å². The molecule has 0 saturated heterocycles. The third kappa shape index (κ3) is 3.35. The summed E-state index contributed by atoms with van der Waals surface area (Å²) in [5.74, 6) is 0.926. The molecule has 1 aliphatic rings. The zero-order valence-corrected chi connectivity index (χ0v) is 13.3. The molecule has 1 fully saturated rings. The summed E-state index contributed by atoms with van der Waals surface area (Å²) in [5.41, 5.74) is 2.31. The topological polar surface area (TPSA) is 29.9 Å². The predicted molar refractivity (Wildman–Crippen MR) is 78.8 cm³/mol. The van der Waals surface area contributed by atoms with Gasteiger partial charge in [-0.3, -0.25) is 4.68 Å². The molecule has 1 aliphatic carbocycles. The lowest BCUT2D eigenvalue weighted by Crippen LogP contribution is -2.35. The second-order valence-corrected chi connectivity index (χ2v) is 6.41. The first-order valence-electron chi connectivity index (χ1n) is 7.00. The molecule has 0 spiro atoms. The fourth-order valence-corrected chi connectivity index (χ4v) is 3.02. The Morgan fingerprint density at radius 3 is 2.50 bits per heavy atom. The van der Waals surface area contributed by atoms with Gasteiger partial charge >= 0.3 is 0 Å². The number of halogens is 1. The SMILES string of the molecule is Cc1nn(CCNC2CCC(C)CC2)c(C)c1Br. The minimum absolute atomic E-state index is 0.724. The molecular weight excluding hydrogens is 290 g/mol. The van der Waals surface area contributed by atoms with E-state index < -0.39 is 0 Å². The van der Waals surface area contributed by atoms with E-state index in [-0.39, 0.29) is 0 Å². The fraction of sp³-hybridized carbons (Fsp3) is 0.786. The van der Waals surface area contributed by atoms with Gasteiger partial charge in [0.15, 0.2) is 0 Å². The van der Waals surface area contributed by atoms with Crippen LogP contribution < -0.4 is 5.32 Å². The van der Waals surface area contributed by atoms with Gasteiger partial charge in [-0.25, -0.2) is 0 Å². The Hall–Kier alpha value is -0.350. The predicted octanol–water partition coefficient (Wildman–Crippen LogP) is 3.43. The van der Waals surface area contributed by atoms with Gasteiger partial charge in [-0.1, -0.05) is 6.92 Å². The van der Waals surface area contributed by atoms with E-state index in [1.807, 2.05) is 6.92 Å². The van der Waals surface area contributed by atoms with Gasteiger partial charge in [-0.15, -0.1) is 0 Å². The Morgan fingerprint density at radius 2 is 1.94 bits per heavy atom. The lowest BCUT2D eigenvalue weighted by molar-refractivity contribution is 0.303. The number of nitrogens with zero attached hydrogens (tertiary/aromatic N) is 2. The molecule has 4 heteroatoms. The molecule has 18 heavy (non-hydrogen) atoms. The molecular formula is C14H24BrN3. The molecule has 0 unspecified atom stereocenters. The van der Waals surface area contributed by atoms with E-state index in [9.17, 15) is 0 Å². The maximum absolute atomic E-state index is 4.53. The van der Waals surface area contributed by atoms with Gasteiger partial charge in [0.05, 0.1) is 16.7 Å². The van der Waals surface area contributed by atoms with Crippen LogP contribution in [0.15, 0.2) is 4.47 Å². The molecule has 102 valence electrons. The van der Waals surface area contributed by atoms with Gasteiger partial charge in [-0.2, -0.15) is 5.10 Å². The molecule has 0 aliphatic heterocycles. The number of nitrogens with one attached hydrogen (secondary N) is 1. The van der Waals surface area contributed by atoms with E-state index >= 15 is 0 Å². The smallest absolute Gasteiger partial charge is 0.0738 e. The number of aryl methyl sites for hydroxylation is 1. The molecule has 0 radical (unpaired) electrons. The second-order valence-electron chi connectivity index (χ2n) is 5.62. The van der Waals surface area contributed by atoms with Crippen molar-refractivity contribution in [2.75, 3.05) is 6.54 Å². The van der Waals surface area contributed by atoms with E-state index in [1.54, 1.807) is 0 Å². The third-order valence-corrected chi connectivity index (χ3v) is 5.21. The Kier molecular flexibility index (Phi) is 4.84. The maximum Gasteiger partial charge on any atom is 0.0738 e. The average Bonchev–Trinajstić information content (AvgIpc) is 2.60. The quantitative estimate of drug-likeness (QED) is 0.923. The maximum atomic E-state index is 4.53. The van der Waals surface area contributed by atoms with Crippen LogP contribution in [0.4, 0.5) is 0 Å². The van der Waals surface area contributed by atoms with Crippen LogP contribution in [0, 0.1) is 19.8 Å². The minimum Gasteiger partial charge on any atom is -0.312 e. The van der Waals surface area contributed by atoms with Crippen LogP contribution in [0.25, 0.3) is 0 Å². The normalized spacial score (nSPS) is 24.4. The van der Waals surface area contributed by atoms with E-state index in [2.05, 4.69) is 44.9 Å². The molecule has 1 aromatic heterocycles. The molecule has 1 saturated carbocycles. The van der Waals surface area contributed by atoms with Gasteiger partial charge in [0.2, 0.25) is 0 Å². The van der Waals surface area contributed by atoms with Crippen molar-refractivity contribution in [3.05, 3.63) is 15.9 Å². The molecule has 1 aromatic rings. The van der Waals surface area contributed by atoms with Crippen molar-refractivity contribution in [2.24, 2.45) is 5.92 Å². The van der Waals surface area contributed by atoms with E-state index in [4.69, 9.17) is 0 Å². The molecule has 0 atom stereocenters. The summed E-state index contributed by atoms with van der Waals surface area (Å²) in [4.78, 5) is 0. The molecule has 0 aromatic carbocycles. The van der Waals surface area contributed by atoms with Crippen LogP contribution in [0.2, 0.25) is 0 Å². The van der Waals surface area contributed by atoms with Crippen molar-refractivity contribution in [2.45, 2.75) is 59.0 Å². The molecule has 0 amide bonds. The molecule has 0 bridgehead atoms. The Morgan fingerprint density at radius 1 is 1.28 bits per heavy atom. The second kappa shape index (κ2) is 6.20. The largest absolute Gasteiger partial charge is 0.312 e.